The third kappa shape index (κ3) is 2.98. The summed E-state index contributed by atoms with van der Waals surface area (Å²) in [5, 5.41) is 14.3. The Hall–Kier alpha value is -2.09. The average molecular weight is 249 g/mol. The minimum Gasteiger partial charge on any atom is -0.368 e. The predicted octanol–water partition coefficient (Wildman–Crippen LogP) is 2.29. The molecule has 0 radical (unpaired) electrons. The quantitative estimate of drug-likeness (QED) is 0.860. The molecule has 1 aromatic carbocycles. The van der Waals surface area contributed by atoms with Crippen LogP contribution in [-0.4, -0.2) is 18.5 Å². The van der Waals surface area contributed by atoms with Crippen molar-refractivity contribution in [3.63, 3.8) is 0 Å². The van der Waals surface area contributed by atoms with Gasteiger partial charge in [0.05, 0.1) is 11.6 Å². The van der Waals surface area contributed by atoms with Crippen molar-refractivity contribution in [1.29, 1.82) is 5.26 Å². The molecular weight excluding hydrogens is 233 g/mol. The van der Waals surface area contributed by atoms with Crippen LogP contribution in [-0.2, 0) is 0 Å². The highest BCUT2D eigenvalue weighted by molar-refractivity contribution is 5.94. The monoisotopic (exact) mass is 249 g/mol. The molecule has 0 aliphatic rings. The van der Waals surface area contributed by atoms with Gasteiger partial charge in [-0.05, 0) is 31.5 Å². The standard InChI is InChI=1S/C13H16FN3O/c1-4-13(2,8-15)17-9-5-6-10(11(14)7-9)12(18)16-3/h5-7,17H,4H2,1-3H3,(H,16,18). The molecule has 5 heteroatoms. The lowest BCUT2D eigenvalue weighted by Gasteiger charge is -2.22. The van der Waals surface area contributed by atoms with Crippen molar-refractivity contribution in [3.05, 3.63) is 29.6 Å². The third-order valence-electron chi connectivity index (χ3n) is 2.81. The average Bonchev–Trinajstić information content (AvgIpc) is 2.38. The zero-order valence-electron chi connectivity index (χ0n) is 10.7. The minimum absolute atomic E-state index is 0.0155. The van der Waals surface area contributed by atoms with Gasteiger partial charge in [-0.1, -0.05) is 6.92 Å². The number of rotatable bonds is 4. The number of amides is 1. The Labute approximate surface area is 106 Å². The van der Waals surface area contributed by atoms with Gasteiger partial charge < -0.3 is 10.6 Å². The molecular formula is C13H16FN3O. The topological polar surface area (TPSA) is 64.9 Å². The smallest absolute Gasteiger partial charge is 0.253 e. The van der Waals surface area contributed by atoms with Crippen molar-refractivity contribution < 1.29 is 9.18 Å². The van der Waals surface area contributed by atoms with E-state index >= 15 is 0 Å². The van der Waals surface area contributed by atoms with Gasteiger partial charge in [0.2, 0.25) is 0 Å². The van der Waals surface area contributed by atoms with Crippen LogP contribution in [0.15, 0.2) is 18.2 Å². The lowest BCUT2D eigenvalue weighted by Crippen LogP contribution is -2.32. The van der Waals surface area contributed by atoms with Crippen LogP contribution in [0, 0.1) is 17.1 Å². The van der Waals surface area contributed by atoms with E-state index in [9.17, 15) is 9.18 Å². The predicted molar refractivity (Wildman–Crippen MR) is 67.7 cm³/mol. The molecule has 0 heterocycles. The molecule has 0 saturated heterocycles. The molecule has 0 spiro atoms. The van der Waals surface area contributed by atoms with Gasteiger partial charge in [0, 0.05) is 12.7 Å². The van der Waals surface area contributed by atoms with Crippen molar-refractivity contribution >= 4 is 11.6 Å². The van der Waals surface area contributed by atoms with Gasteiger partial charge in [-0.25, -0.2) is 4.39 Å². The molecule has 0 bridgehead atoms. The van der Waals surface area contributed by atoms with E-state index in [4.69, 9.17) is 5.26 Å². The number of nitrogens with zero attached hydrogens (tertiary/aromatic N) is 1. The van der Waals surface area contributed by atoms with Crippen LogP contribution in [0.2, 0.25) is 0 Å². The Balaban J connectivity index is 2.99. The van der Waals surface area contributed by atoms with Crippen molar-refractivity contribution in [2.75, 3.05) is 12.4 Å². The van der Waals surface area contributed by atoms with Crippen LogP contribution in [0.3, 0.4) is 0 Å². The van der Waals surface area contributed by atoms with E-state index in [0.717, 1.165) is 0 Å². The number of benzene rings is 1. The summed E-state index contributed by atoms with van der Waals surface area (Å²) in [6, 6.07) is 6.32. The minimum atomic E-state index is -0.749. The Morgan fingerprint density at radius 1 is 1.56 bits per heavy atom. The number of carbonyl (C=O) groups is 1. The molecule has 1 amide bonds. The number of carbonyl (C=O) groups excluding carboxylic acids is 1. The molecule has 1 atom stereocenters. The van der Waals surface area contributed by atoms with Crippen LogP contribution in [0.25, 0.3) is 0 Å². The molecule has 1 rings (SSSR count). The number of hydrogen-bond donors (Lipinski definition) is 2. The Bertz CT molecular complexity index is 495. The maximum Gasteiger partial charge on any atom is 0.253 e. The van der Waals surface area contributed by atoms with Crippen molar-refractivity contribution in [1.82, 2.24) is 5.32 Å². The molecule has 0 aliphatic heterocycles. The van der Waals surface area contributed by atoms with Gasteiger partial charge in [0.15, 0.2) is 0 Å². The van der Waals surface area contributed by atoms with Crippen LogP contribution in [0.1, 0.15) is 30.6 Å². The van der Waals surface area contributed by atoms with Crippen LogP contribution in [0.4, 0.5) is 10.1 Å². The molecule has 0 aliphatic carbocycles. The molecule has 18 heavy (non-hydrogen) atoms. The van der Waals surface area contributed by atoms with E-state index in [1.165, 1.54) is 19.2 Å². The van der Waals surface area contributed by atoms with Crippen molar-refractivity contribution in [2.24, 2.45) is 0 Å². The second-order valence-corrected chi connectivity index (χ2v) is 4.20. The second kappa shape index (κ2) is 5.50. The molecule has 96 valence electrons. The van der Waals surface area contributed by atoms with Gasteiger partial charge in [0.1, 0.15) is 11.4 Å². The molecule has 0 fully saturated rings. The van der Waals surface area contributed by atoms with Gasteiger partial charge in [-0.2, -0.15) is 5.26 Å². The number of hydrogen-bond acceptors (Lipinski definition) is 3. The summed E-state index contributed by atoms with van der Waals surface area (Å²) in [6.45, 7) is 3.60. The fraction of sp³-hybridized carbons (Fsp3) is 0.385. The lowest BCUT2D eigenvalue weighted by molar-refractivity contribution is 0.0959. The molecule has 2 N–H and O–H groups in total. The van der Waals surface area contributed by atoms with E-state index in [1.807, 2.05) is 6.92 Å². The zero-order valence-corrected chi connectivity index (χ0v) is 10.7. The zero-order chi connectivity index (χ0) is 13.8. The van der Waals surface area contributed by atoms with E-state index < -0.39 is 17.3 Å². The van der Waals surface area contributed by atoms with Crippen LogP contribution >= 0.6 is 0 Å². The van der Waals surface area contributed by atoms with Crippen LogP contribution < -0.4 is 10.6 Å². The number of halogens is 1. The van der Waals surface area contributed by atoms with Crippen molar-refractivity contribution in [2.45, 2.75) is 25.8 Å². The lowest BCUT2D eigenvalue weighted by atomic mass is 10.0. The summed E-state index contributed by atoms with van der Waals surface area (Å²) in [6.07, 6.45) is 0.586. The van der Waals surface area contributed by atoms with Gasteiger partial charge in [0.25, 0.3) is 5.91 Å². The van der Waals surface area contributed by atoms with Gasteiger partial charge in [-0.3, -0.25) is 4.79 Å². The van der Waals surface area contributed by atoms with E-state index in [2.05, 4.69) is 16.7 Å². The summed E-state index contributed by atoms with van der Waals surface area (Å²) in [7, 11) is 1.44. The summed E-state index contributed by atoms with van der Waals surface area (Å²) < 4.78 is 13.7. The maximum atomic E-state index is 13.7. The molecule has 0 saturated carbocycles. The first-order valence-corrected chi connectivity index (χ1v) is 5.67. The molecule has 1 unspecified atom stereocenters. The summed E-state index contributed by atoms with van der Waals surface area (Å²) >= 11 is 0. The SMILES string of the molecule is CCC(C)(C#N)Nc1ccc(C(=O)NC)c(F)c1. The Morgan fingerprint density at radius 2 is 2.22 bits per heavy atom. The molecule has 1 aromatic rings. The first-order chi connectivity index (χ1) is 8.45. The fourth-order valence-corrected chi connectivity index (χ4v) is 1.43. The highest BCUT2D eigenvalue weighted by atomic mass is 19.1. The van der Waals surface area contributed by atoms with E-state index in [0.29, 0.717) is 12.1 Å². The second-order valence-electron chi connectivity index (χ2n) is 4.20. The maximum absolute atomic E-state index is 13.7. The Morgan fingerprint density at radius 3 is 2.67 bits per heavy atom. The molecule has 4 nitrogen and oxygen atoms in total. The first kappa shape index (κ1) is 14.0. The number of anilines is 1. The highest BCUT2D eigenvalue weighted by Crippen LogP contribution is 2.20. The Kier molecular flexibility index (Phi) is 4.27. The van der Waals surface area contributed by atoms with E-state index in [1.54, 1.807) is 13.0 Å². The summed E-state index contributed by atoms with van der Waals surface area (Å²) in [5.74, 6) is -1.09. The van der Waals surface area contributed by atoms with Crippen LogP contribution in [0.5, 0.6) is 0 Å². The fourth-order valence-electron chi connectivity index (χ4n) is 1.43. The first-order valence-electron chi connectivity index (χ1n) is 5.67. The van der Waals surface area contributed by atoms with Gasteiger partial charge >= 0.3 is 0 Å². The van der Waals surface area contributed by atoms with E-state index in [-0.39, 0.29) is 5.56 Å². The summed E-state index contributed by atoms with van der Waals surface area (Å²) in [4.78, 5) is 11.3. The van der Waals surface area contributed by atoms with Crippen molar-refractivity contribution in [3.8, 4) is 6.07 Å². The number of nitriles is 1. The third-order valence-corrected chi connectivity index (χ3v) is 2.81. The number of nitrogens with one attached hydrogen (secondary N) is 2. The summed E-state index contributed by atoms with van der Waals surface area (Å²) in [5.41, 5.74) is -0.287. The highest BCUT2D eigenvalue weighted by Gasteiger charge is 2.21. The largest absolute Gasteiger partial charge is 0.368 e. The normalized spacial score (nSPS) is 13.3. The van der Waals surface area contributed by atoms with Gasteiger partial charge in [-0.15, -0.1) is 0 Å². The molecule has 0 aromatic heterocycles.